The topological polar surface area (TPSA) is 68.2 Å². The Morgan fingerprint density at radius 2 is 2.05 bits per heavy atom. The Morgan fingerprint density at radius 1 is 1.14 bits per heavy atom. The van der Waals surface area contributed by atoms with Gasteiger partial charge in [0, 0.05) is 5.57 Å². The van der Waals surface area contributed by atoms with Gasteiger partial charge in [-0.2, -0.15) is 0 Å². The molecule has 5 heteroatoms. The summed E-state index contributed by atoms with van der Waals surface area (Å²) in [4.78, 5) is 0. The summed E-state index contributed by atoms with van der Waals surface area (Å²) in [6, 6.07) is 4.58. The largest absolute Gasteiger partial charge is 0.504 e. The molecule has 1 aromatic carbocycles. The van der Waals surface area contributed by atoms with E-state index in [0.717, 1.165) is 18.4 Å². The molecule has 1 aliphatic heterocycles. The van der Waals surface area contributed by atoms with E-state index in [-0.39, 0.29) is 17.2 Å². The quantitative estimate of drug-likeness (QED) is 0.833. The second kappa shape index (κ2) is 5.66. The molecule has 2 N–H and O–H groups in total. The van der Waals surface area contributed by atoms with E-state index in [1.165, 1.54) is 24.9 Å². The molecule has 0 radical (unpaired) electrons. The Kier molecular flexibility index (Phi) is 3.55. The fourth-order valence-corrected chi connectivity index (χ4v) is 2.07. The number of hydrogen-bond acceptors (Lipinski definition) is 5. The molecule has 0 saturated heterocycles. The van der Waals surface area contributed by atoms with Crippen LogP contribution in [0.4, 0.5) is 0 Å². The van der Waals surface area contributed by atoms with E-state index in [9.17, 15) is 10.2 Å². The molecule has 5 nitrogen and oxygen atoms in total. The lowest BCUT2D eigenvalue weighted by atomic mass is 10.0. The molecular weight excluding hydrogens is 272 g/mol. The first-order valence-electron chi connectivity index (χ1n) is 6.51. The molecule has 21 heavy (non-hydrogen) atoms. The van der Waals surface area contributed by atoms with Gasteiger partial charge in [-0.05, 0) is 37.1 Å². The smallest absolute Gasteiger partial charge is 0.201 e. The van der Waals surface area contributed by atoms with E-state index < -0.39 is 0 Å². The zero-order valence-electron chi connectivity index (χ0n) is 11.2. The van der Waals surface area contributed by atoms with Crippen LogP contribution in [0.25, 0.3) is 0 Å². The molecule has 0 bridgehead atoms. The molecule has 0 fully saturated rings. The van der Waals surface area contributed by atoms with Gasteiger partial charge in [-0.25, -0.2) is 0 Å². The summed E-state index contributed by atoms with van der Waals surface area (Å²) < 4.78 is 16.1. The first-order valence-corrected chi connectivity index (χ1v) is 6.51. The molecule has 3 rings (SSSR count). The normalized spacial score (nSPS) is 17.0. The molecule has 1 aromatic rings. The first-order chi connectivity index (χ1) is 10.2. The molecule has 1 heterocycles. The van der Waals surface area contributed by atoms with Crippen LogP contribution in [0.5, 0.6) is 17.2 Å². The van der Waals surface area contributed by atoms with Crippen molar-refractivity contribution in [2.75, 3.05) is 0 Å². The lowest BCUT2D eigenvalue weighted by Crippen LogP contribution is -2.03. The Hall–Kier alpha value is -2.82. The van der Waals surface area contributed by atoms with Crippen molar-refractivity contribution < 1.29 is 24.4 Å². The molecule has 0 saturated carbocycles. The Morgan fingerprint density at radius 3 is 2.86 bits per heavy atom. The van der Waals surface area contributed by atoms with Crippen molar-refractivity contribution in [3.63, 3.8) is 0 Å². The zero-order valence-corrected chi connectivity index (χ0v) is 11.2. The molecule has 0 aromatic heterocycles. The van der Waals surface area contributed by atoms with E-state index in [1.54, 1.807) is 12.1 Å². The maximum Gasteiger partial charge on any atom is 0.201 e. The zero-order chi connectivity index (χ0) is 14.7. The van der Waals surface area contributed by atoms with Crippen molar-refractivity contribution in [2.24, 2.45) is 0 Å². The Labute approximate surface area is 121 Å². The number of benzene rings is 1. The summed E-state index contributed by atoms with van der Waals surface area (Å²) in [6.07, 6.45) is 9.77. The highest BCUT2D eigenvalue weighted by molar-refractivity contribution is 5.50. The van der Waals surface area contributed by atoms with Crippen molar-refractivity contribution in [3.8, 4) is 17.2 Å². The molecule has 108 valence electrons. The van der Waals surface area contributed by atoms with Crippen molar-refractivity contribution >= 4 is 0 Å². The lowest BCUT2D eigenvalue weighted by molar-refractivity contribution is 0.261. The molecule has 0 amide bonds. The van der Waals surface area contributed by atoms with Crippen LogP contribution in [-0.2, 0) is 9.47 Å². The van der Waals surface area contributed by atoms with Gasteiger partial charge in [0.2, 0.25) is 5.75 Å². The Bertz CT molecular complexity index is 667. The number of para-hydroxylation sites is 1. The van der Waals surface area contributed by atoms with E-state index in [0.29, 0.717) is 11.5 Å². The van der Waals surface area contributed by atoms with Crippen LogP contribution >= 0.6 is 0 Å². The predicted molar refractivity (Wildman–Crippen MR) is 75.2 cm³/mol. The maximum atomic E-state index is 9.75. The lowest BCUT2D eigenvalue weighted by Gasteiger charge is -2.18. The average Bonchev–Trinajstić information content (AvgIpc) is 2.53. The van der Waals surface area contributed by atoms with Crippen molar-refractivity contribution in [1.82, 2.24) is 0 Å². The summed E-state index contributed by atoms with van der Waals surface area (Å²) in [7, 11) is 0. The summed E-state index contributed by atoms with van der Waals surface area (Å²) in [5, 5.41) is 19.2. The van der Waals surface area contributed by atoms with Crippen LogP contribution in [0.2, 0.25) is 0 Å². The number of phenolic OH excluding ortho intramolecular Hbond substituents is 2. The highest BCUT2D eigenvalue weighted by atomic mass is 16.5. The number of ether oxygens (including phenoxy) is 3. The number of phenols is 2. The highest BCUT2D eigenvalue weighted by Crippen LogP contribution is 2.36. The van der Waals surface area contributed by atoms with Crippen LogP contribution in [0.15, 0.2) is 66.2 Å². The summed E-state index contributed by atoms with van der Waals surface area (Å²) in [5.74, 6) is 0.916. The fraction of sp³-hybridized carbons (Fsp3) is 0.125. The summed E-state index contributed by atoms with van der Waals surface area (Å²) in [6.45, 7) is 0. The Balaban J connectivity index is 1.80. The molecular formula is C16H14O5. The van der Waals surface area contributed by atoms with Crippen LogP contribution in [0, 0.1) is 0 Å². The van der Waals surface area contributed by atoms with E-state index in [1.807, 2.05) is 12.2 Å². The minimum Gasteiger partial charge on any atom is -0.504 e. The minimum atomic E-state index is -0.279. The highest BCUT2D eigenvalue weighted by Gasteiger charge is 2.15. The standard InChI is InChI=1S/C16H14O5/c17-13-5-2-6-14(16(13)18)21-12-4-1-3-11(9-12)15-10-19-7-8-20-15/h2,4-10,17-18H,1,3H2. The second-order valence-electron chi connectivity index (χ2n) is 4.55. The summed E-state index contributed by atoms with van der Waals surface area (Å²) >= 11 is 0. The van der Waals surface area contributed by atoms with Gasteiger partial charge in [-0.15, -0.1) is 0 Å². The molecule has 0 unspecified atom stereocenters. The number of rotatable bonds is 3. The SMILES string of the molecule is Oc1cccc(OC2=CCCC(C3=COC=CO3)=C2)c1O. The minimum absolute atomic E-state index is 0.202. The first kappa shape index (κ1) is 13.2. The van der Waals surface area contributed by atoms with Crippen LogP contribution in [0.1, 0.15) is 12.8 Å². The molecule has 1 aliphatic carbocycles. The predicted octanol–water partition coefficient (Wildman–Crippen LogP) is 3.44. The van der Waals surface area contributed by atoms with Gasteiger partial charge in [0.1, 0.15) is 24.5 Å². The van der Waals surface area contributed by atoms with Gasteiger partial charge in [0.25, 0.3) is 0 Å². The van der Waals surface area contributed by atoms with Gasteiger partial charge in [0.15, 0.2) is 17.3 Å². The van der Waals surface area contributed by atoms with Crippen LogP contribution < -0.4 is 4.74 Å². The van der Waals surface area contributed by atoms with Crippen molar-refractivity contribution in [1.29, 1.82) is 0 Å². The van der Waals surface area contributed by atoms with Gasteiger partial charge in [-0.3, -0.25) is 0 Å². The maximum absolute atomic E-state index is 9.75. The number of hydrogen-bond donors (Lipinski definition) is 2. The second-order valence-corrected chi connectivity index (χ2v) is 4.55. The van der Waals surface area contributed by atoms with Crippen LogP contribution in [-0.4, -0.2) is 10.2 Å². The third kappa shape index (κ3) is 2.86. The number of aromatic hydroxyl groups is 2. The van der Waals surface area contributed by atoms with Gasteiger partial charge < -0.3 is 24.4 Å². The molecule has 0 atom stereocenters. The van der Waals surface area contributed by atoms with E-state index >= 15 is 0 Å². The van der Waals surface area contributed by atoms with Gasteiger partial charge in [0.05, 0.1) is 0 Å². The van der Waals surface area contributed by atoms with Gasteiger partial charge in [-0.1, -0.05) is 6.07 Å². The van der Waals surface area contributed by atoms with Crippen LogP contribution in [0.3, 0.4) is 0 Å². The van der Waals surface area contributed by atoms with E-state index in [4.69, 9.17) is 14.2 Å². The third-order valence-electron chi connectivity index (χ3n) is 3.10. The van der Waals surface area contributed by atoms with Crippen molar-refractivity contribution in [3.05, 3.63) is 66.2 Å². The van der Waals surface area contributed by atoms with Gasteiger partial charge >= 0.3 is 0 Å². The third-order valence-corrected chi connectivity index (χ3v) is 3.10. The van der Waals surface area contributed by atoms with Crippen molar-refractivity contribution in [2.45, 2.75) is 12.8 Å². The fourth-order valence-electron chi connectivity index (χ4n) is 2.07. The molecule has 2 aliphatic rings. The average molecular weight is 286 g/mol. The molecule has 0 spiro atoms. The van der Waals surface area contributed by atoms with E-state index in [2.05, 4.69) is 0 Å². The summed E-state index contributed by atoms with van der Waals surface area (Å²) in [5.41, 5.74) is 0.941. The monoisotopic (exact) mass is 286 g/mol. The number of allylic oxidation sites excluding steroid dienone is 3.